The lowest BCUT2D eigenvalue weighted by Crippen LogP contribution is -2.16. The highest BCUT2D eigenvalue weighted by Gasteiger charge is 2.20. The Balaban J connectivity index is 1.97. The molecule has 1 aromatic heterocycles. The van der Waals surface area contributed by atoms with E-state index in [-0.39, 0.29) is 0 Å². The molecule has 0 aliphatic heterocycles. The first-order valence-corrected chi connectivity index (χ1v) is 5.62. The van der Waals surface area contributed by atoms with Crippen LogP contribution >= 0.6 is 0 Å². The van der Waals surface area contributed by atoms with Crippen LogP contribution in [-0.4, -0.2) is 17.6 Å². The van der Waals surface area contributed by atoms with Crippen molar-refractivity contribution in [2.45, 2.75) is 39.3 Å². The van der Waals surface area contributed by atoms with Crippen molar-refractivity contribution in [3.8, 4) is 5.88 Å². The number of rotatable bonds is 5. The van der Waals surface area contributed by atoms with Crippen LogP contribution in [0.25, 0.3) is 0 Å². The minimum atomic E-state index is 0.673. The molecule has 0 radical (unpaired) electrons. The Morgan fingerprint density at radius 3 is 2.87 bits per heavy atom. The van der Waals surface area contributed by atoms with Gasteiger partial charge < -0.3 is 10.1 Å². The minimum Gasteiger partial charge on any atom is -0.478 e. The molecule has 0 saturated heterocycles. The molecule has 1 aliphatic rings. The summed E-state index contributed by atoms with van der Waals surface area (Å²) in [5.74, 6) is 0.727. The Bertz CT molecular complexity index is 334. The molecule has 1 aliphatic carbocycles. The summed E-state index contributed by atoms with van der Waals surface area (Å²) in [5.41, 5.74) is 2.33. The molecule has 3 heteroatoms. The fourth-order valence-corrected chi connectivity index (χ4v) is 1.52. The summed E-state index contributed by atoms with van der Waals surface area (Å²) in [6.07, 6.45) is 2.65. The van der Waals surface area contributed by atoms with Gasteiger partial charge in [-0.25, -0.2) is 4.98 Å². The van der Waals surface area contributed by atoms with Gasteiger partial charge in [0.25, 0.3) is 0 Å². The van der Waals surface area contributed by atoms with Crippen LogP contribution in [0.15, 0.2) is 12.1 Å². The van der Waals surface area contributed by atoms with Gasteiger partial charge in [-0.1, -0.05) is 6.07 Å². The summed E-state index contributed by atoms with van der Waals surface area (Å²) in [5, 5.41) is 3.48. The molecule has 3 nitrogen and oxygen atoms in total. The highest BCUT2D eigenvalue weighted by atomic mass is 16.5. The van der Waals surface area contributed by atoms with Gasteiger partial charge in [0.2, 0.25) is 5.88 Å². The van der Waals surface area contributed by atoms with Crippen LogP contribution in [0.4, 0.5) is 0 Å². The zero-order chi connectivity index (χ0) is 10.7. The van der Waals surface area contributed by atoms with E-state index in [4.69, 9.17) is 4.74 Å². The maximum absolute atomic E-state index is 5.35. The summed E-state index contributed by atoms with van der Waals surface area (Å²) >= 11 is 0. The molecule has 0 amide bonds. The average molecular weight is 206 g/mol. The van der Waals surface area contributed by atoms with Crippen molar-refractivity contribution >= 4 is 0 Å². The van der Waals surface area contributed by atoms with E-state index in [9.17, 15) is 0 Å². The second kappa shape index (κ2) is 4.62. The van der Waals surface area contributed by atoms with Crippen molar-refractivity contribution < 1.29 is 4.74 Å². The highest BCUT2D eigenvalue weighted by molar-refractivity contribution is 5.25. The molecule has 82 valence electrons. The standard InChI is InChI=1S/C12H18N2O/c1-3-15-12-7-4-10(9(2)14-12)8-13-11-5-6-11/h4,7,11,13H,3,5-6,8H2,1-2H3. The number of hydrogen-bond donors (Lipinski definition) is 1. The molecule has 0 atom stereocenters. The molecule has 15 heavy (non-hydrogen) atoms. The smallest absolute Gasteiger partial charge is 0.213 e. The number of ether oxygens (including phenoxy) is 1. The van der Waals surface area contributed by atoms with Gasteiger partial charge >= 0.3 is 0 Å². The van der Waals surface area contributed by atoms with Crippen molar-refractivity contribution in [2.75, 3.05) is 6.61 Å². The lowest BCUT2D eigenvalue weighted by Gasteiger charge is -2.08. The molecule has 1 saturated carbocycles. The van der Waals surface area contributed by atoms with Crippen LogP contribution in [0.1, 0.15) is 31.0 Å². The summed E-state index contributed by atoms with van der Waals surface area (Å²) in [6.45, 7) is 5.61. The summed E-state index contributed by atoms with van der Waals surface area (Å²) in [4.78, 5) is 4.40. The molecule has 1 aromatic rings. The summed E-state index contributed by atoms with van der Waals surface area (Å²) in [6, 6.07) is 4.79. The molecule has 1 heterocycles. The van der Waals surface area contributed by atoms with Crippen molar-refractivity contribution in [3.63, 3.8) is 0 Å². The normalized spacial score (nSPS) is 15.3. The molecule has 1 N–H and O–H groups in total. The van der Waals surface area contributed by atoms with Crippen LogP contribution in [0.3, 0.4) is 0 Å². The van der Waals surface area contributed by atoms with Crippen LogP contribution in [0, 0.1) is 6.92 Å². The Labute approximate surface area is 90.9 Å². The third-order valence-corrected chi connectivity index (χ3v) is 2.62. The monoisotopic (exact) mass is 206 g/mol. The van der Waals surface area contributed by atoms with E-state index in [2.05, 4.69) is 16.4 Å². The van der Waals surface area contributed by atoms with Crippen molar-refractivity contribution in [2.24, 2.45) is 0 Å². The Morgan fingerprint density at radius 2 is 2.27 bits per heavy atom. The van der Waals surface area contributed by atoms with Crippen molar-refractivity contribution in [1.82, 2.24) is 10.3 Å². The van der Waals surface area contributed by atoms with Crippen molar-refractivity contribution in [3.05, 3.63) is 23.4 Å². The zero-order valence-corrected chi connectivity index (χ0v) is 9.42. The van der Waals surface area contributed by atoms with Crippen LogP contribution in [0.5, 0.6) is 5.88 Å². The maximum atomic E-state index is 5.35. The molecule has 1 fully saturated rings. The van der Waals surface area contributed by atoms with Gasteiger partial charge in [-0.05, 0) is 32.3 Å². The SMILES string of the molecule is CCOc1ccc(CNC2CC2)c(C)n1. The molecule has 0 bridgehead atoms. The average Bonchev–Trinajstić information content (AvgIpc) is 3.01. The molecular formula is C12H18N2O. The first-order valence-electron chi connectivity index (χ1n) is 5.62. The second-order valence-corrected chi connectivity index (χ2v) is 3.98. The fourth-order valence-electron chi connectivity index (χ4n) is 1.52. The summed E-state index contributed by atoms with van der Waals surface area (Å²) < 4.78 is 5.35. The van der Waals surface area contributed by atoms with Gasteiger partial charge in [0.15, 0.2) is 0 Å². The lowest BCUT2D eigenvalue weighted by atomic mass is 10.2. The van der Waals surface area contributed by atoms with E-state index in [1.165, 1.54) is 18.4 Å². The molecule has 0 aromatic carbocycles. The number of nitrogens with zero attached hydrogens (tertiary/aromatic N) is 1. The number of aryl methyl sites for hydroxylation is 1. The Morgan fingerprint density at radius 1 is 1.47 bits per heavy atom. The largest absolute Gasteiger partial charge is 0.478 e. The minimum absolute atomic E-state index is 0.673. The van der Waals surface area contributed by atoms with Crippen molar-refractivity contribution in [1.29, 1.82) is 0 Å². The summed E-state index contributed by atoms with van der Waals surface area (Å²) in [7, 11) is 0. The Hall–Kier alpha value is -1.09. The predicted octanol–water partition coefficient (Wildman–Crippen LogP) is 2.04. The maximum Gasteiger partial charge on any atom is 0.213 e. The van der Waals surface area contributed by atoms with E-state index < -0.39 is 0 Å². The molecule has 2 rings (SSSR count). The van der Waals surface area contributed by atoms with Gasteiger partial charge in [-0.2, -0.15) is 0 Å². The first-order chi connectivity index (χ1) is 7.29. The number of pyridine rings is 1. The Kier molecular flexibility index (Phi) is 3.21. The number of hydrogen-bond acceptors (Lipinski definition) is 3. The third kappa shape index (κ3) is 2.93. The second-order valence-electron chi connectivity index (χ2n) is 3.98. The zero-order valence-electron chi connectivity index (χ0n) is 9.42. The van der Waals surface area contributed by atoms with E-state index in [0.717, 1.165) is 24.2 Å². The van der Waals surface area contributed by atoms with E-state index in [1.807, 2.05) is 19.9 Å². The highest BCUT2D eigenvalue weighted by Crippen LogP contribution is 2.20. The van der Waals surface area contributed by atoms with Gasteiger partial charge in [-0.3, -0.25) is 0 Å². The predicted molar refractivity (Wildman–Crippen MR) is 60.0 cm³/mol. The van der Waals surface area contributed by atoms with Crippen LogP contribution < -0.4 is 10.1 Å². The molecular weight excluding hydrogens is 188 g/mol. The number of nitrogens with one attached hydrogen (secondary N) is 1. The third-order valence-electron chi connectivity index (χ3n) is 2.62. The van der Waals surface area contributed by atoms with E-state index in [1.54, 1.807) is 0 Å². The van der Waals surface area contributed by atoms with Gasteiger partial charge in [0.05, 0.1) is 6.61 Å². The van der Waals surface area contributed by atoms with Crippen LogP contribution in [0.2, 0.25) is 0 Å². The lowest BCUT2D eigenvalue weighted by molar-refractivity contribution is 0.326. The topological polar surface area (TPSA) is 34.1 Å². The quantitative estimate of drug-likeness (QED) is 0.800. The fraction of sp³-hybridized carbons (Fsp3) is 0.583. The van der Waals surface area contributed by atoms with Gasteiger partial charge in [0, 0.05) is 24.3 Å². The van der Waals surface area contributed by atoms with E-state index >= 15 is 0 Å². The molecule has 0 unspecified atom stereocenters. The van der Waals surface area contributed by atoms with E-state index in [0.29, 0.717) is 6.61 Å². The first kappa shape index (κ1) is 10.4. The van der Waals surface area contributed by atoms with Gasteiger partial charge in [-0.15, -0.1) is 0 Å². The van der Waals surface area contributed by atoms with Crippen LogP contribution in [-0.2, 0) is 6.54 Å². The number of aromatic nitrogens is 1. The molecule has 0 spiro atoms. The van der Waals surface area contributed by atoms with Gasteiger partial charge in [0.1, 0.15) is 0 Å².